The minimum Gasteiger partial charge on any atom is -0.444 e. The molecular formula is C26H46N4O4S. The molecule has 0 radical (unpaired) electrons. The van der Waals surface area contributed by atoms with Crippen molar-refractivity contribution in [1.82, 2.24) is 14.8 Å². The Balaban J connectivity index is 1.99. The van der Waals surface area contributed by atoms with E-state index >= 15 is 0 Å². The van der Waals surface area contributed by atoms with Crippen molar-refractivity contribution in [2.45, 2.75) is 117 Å². The highest BCUT2D eigenvalue weighted by atomic mass is 32.1. The minimum absolute atomic E-state index is 0.204. The molecule has 0 bridgehead atoms. The largest absolute Gasteiger partial charge is 0.444 e. The number of carbonyl (C=O) groups is 2. The lowest BCUT2D eigenvalue weighted by Gasteiger charge is -2.36. The second-order valence-electron chi connectivity index (χ2n) is 11.3. The lowest BCUT2D eigenvalue weighted by atomic mass is 9.94. The maximum Gasteiger partial charge on any atom is 0.410 e. The van der Waals surface area contributed by atoms with E-state index in [-0.39, 0.29) is 18.2 Å². The van der Waals surface area contributed by atoms with Gasteiger partial charge in [-0.3, -0.25) is 0 Å². The first kappa shape index (κ1) is 29.4. The van der Waals surface area contributed by atoms with Crippen LogP contribution in [0.15, 0.2) is 5.38 Å². The summed E-state index contributed by atoms with van der Waals surface area (Å²) in [7, 11) is 0. The molecule has 0 unspecified atom stereocenters. The van der Waals surface area contributed by atoms with Gasteiger partial charge in [-0.15, -0.1) is 11.3 Å². The van der Waals surface area contributed by atoms with Crippen LogP contribution in [0.3, 0.4) is 0 Å². The number of nitrogens with zero attached hydrogens (tertiary/aromatic N) is 3. The number of carbonyl (C=O) groups excluding carboxylic acids is 2. The Morgan fingerprint density at radius 2 is 1.57 bits per heavy atom. The maximum absolute atomic E-state index is 13.0. The molecule has 2 rings (SSSR count). The Hall–Kier alpha value is -1.87. The van der Waals surface area contributed by atoms with Gasteiger partial charge in [0, 0.05) is 37.6 Å². The van der Waals surface area contributed by atoms with Crippen LogP contribution < -0.4 is 5.73 Å². The van der Waals surface area contributed by atoms with Crippen LogP contribution in [0.25, 0.3) is 0 Å². The Morgan fingerprint density at radius 1 is 0.971 bits per heavy atom. The number of aryl methyl sites for hydroxylation is 1. The van der Waals surface area contributed by atoms with Gasteiger partial charge in [0.15, 0.2) is 0 Å². The van der Waals surface area contributed by atoms with Gasteiger partial charge in [0.1, 0.15) is 16.2 Å². The monoisotopic (exact) mass is 510 g/mol. The predicted octanol–water partition coefficient (Wildman–Crippen LogP) is 5.73. The number of hydrogen-bond donors (Lipinski definition) is 1. The van der Waals surface area contributed by atoms with Crippen molar-refractivity contribution in [2.75, 3.05) is 19.6 Å². The van der Waals surface area contributed by atoms with Crippen LogP contribution in [-0.2, 0) is 22.4 Å². The highest BCUT2D eigenvalue weighted by Gasteiger charge is 2.30. The zero-order valence-corrected chi connectivity index (χ0v) is 23.4. The van der Waals surface area contributed by atoms with Gasteiger partial charge in [-0.25, -0.2) is 14.6 Å². The second-order valence-corrected chi connectivity index (χ2v) is 12.3. The first-order valence-corrected chi connectivity index (χ1v) is 13.9. The second kappa shape index (κ2) is 13.4. The molecule has 1 aromatic heterocycles. The lowest BCUT2D eigenvalue weighted by Crippen LogP contribution is -2.46. The van der Waals surface area contributed by atoms with Crippen LogP contribution in [-0.4, -0.2) is 63.8 Å². The number of amides is 2. The topological polar surface area (TPSA) is 98.0 Å². The molecule has 1 aliphatic carbocycles. The van der Waals surface area contributed by atoms with E-state index in [0.29, 0.717) is 32.6 Å². The molecule has 2 amide bonds. The van der Waals surface area contributed by atoms with Crippen molar-refractivity contribution in [3.05, 3.63) is 16.1 Å². The molecule has 1 aromatic rings. The van der Waals surface area contributed by atoms with E-state index in [1.54, 1.807) is 16.2 Å². The number of aromatic nitrogens is 1. The molecule has 0 aliphatic heterocycles. The van der Waals surface area contributed by atoms with Gasteiger partial charge in [-0.05, 0) is 73.6 Å². The Morgan fingerprint density at radius 3 is 2.14 bits per heavy atom. The van der Waals surface area contributed by atoms with Gasteiger partial charge in [0.05, 0.1) is 5.69 Å². The van der Waals surface area contributed by atoms with Gasteiger partial charge >= 0.3 is 12.2 Å². The molecule has 0 atom stereocenters. The number of thiazole rings is 1. The molecule has 35 heavy (non-hydrogen) atoms. The van der Waals surface area contributed by atoms with Crippen molar-refractivity contribution in [2.24, 2.45) is 5.73 Å². The summed E-state index contributed by atoms with van der Waals surface area (Å²) < 4.78 is 11.4. The van der Waals surface area contributed by atoms with E-state index in [2.05, 4.69) is 4.98 Å². The molecule has 1 aliphatic rings. The SMILES string of the molecule is CC(C)(C)OC(=O)N(CCCc1csc(CN)n1)CCCN(C(=O)OC(C)(C)C)C1CCCCC1. The fraction of sp³-hybridized carbons (Fsp3) is 0.808. The third kappa shape index (κ3) is 11.2. The first-order chi connectivity index (χ1) is 16.4. The summed E-state index contributed by atoms with van der Waals surface area (Å²) >= 11 is 1.57. The van der Waals surface area contributed by atoms with E-state index in [9.17, 15) is 9.59 Å². The van der Waals surface area contributed by atoms with E-state index < -0.39 is 11.2 Å². The quantitative estimate of drug-likeness (QED) is 0.431. The van der Waals surface area contributed by atoms with Crippen LogP contribution in [0.4, 0.5) is 9.59 Å². The molecular weight excluding hydrogens is 464 g/mol. The molecule has 0 saturated heterocycles. The molecule has 0 aromatic carbocycles. The molecule has 1 fully saturated rings. The zero-order valence-electron chi connectivity index (χ0n) is 22.6. The summed E-state index contributed by atoms with van der Waals surface area (Å²) in [6.45, 7) is 13.4. The van der Waals surface area contributed by atoms with Crippen molar-refractivity contribution < 1.29 is 19.1 Å². The van der Waals surface area contributed by atoms with E-state index in [0.717, 1.165) is 49.2 Å². The first-order valence-electron chi connectivity index (χ1n) is 13.0. The standard InChI is InChI=1S/C26H46N4O4S/c1-25(2,3)33-23(31)29(15-10-12-20-19-35-22(18-27)28-20)16-11-17-30(21-13-8-7-9-14-21)24(32)34-26(4,5)6/h19,21H,7-18,27H2,1-6H3. The maximum atomic E-state index is 13.0. The smallest absolute Gasteiger partial charge is 0.410 e. The highest BCUT2D eigenvalue weighted by Crippen LogP contribution is 2.25. The summed E-state index contributed by atoms with van der Waals surface area (Å²) in [6.07, 6.45) is 7.16. The molecule has 0 spiro atoms. The van der Waals surface area contributed by atoms with Crippen LogP contribution in [0, 0.1) is 0 Å². The summed E-state index contributed by atoms with van der Waals surface area (Å²) in [5, 5.41) is 2.96. The normalized spacial score (nSPS) is 15.1. The van der Waals surface area contributed by atoms with E-state index in [4.69, 9.17) is 15.2 Å². The number of hydrogen-bond acceptors (Lipinski definition) is 7. The third-order valence-electron chi connectivity index (χ3n) is 5.76. The van der Waals surface area contributed by atoms with E-state index in [1.807, 2.05) is 51.8 Å². The van der Waals surface area contributed by atoms with Gasteiger partial charge in [-0.2, -0.15) is 0 Å². The van der Waals surface area contributed by atoms with Gasteiger partial charge < -0.3 is 25.0 Å². The zero-order chi connectivity index (χ0) is 26.1. The van der Waals surface area contributed by atoms with E-state index in [1.165, 1.54) is 6.42 Å². The minimum atomic E-state index is -0.565. The molecule has 1 saturated carbocycles. The van der Waals surface area contributed by atoms with Gasteiger partial charge in [-0.1, -0.05) is 19.3 Å². The molecule has 1 heterocycles. The molecule has 8 nitrogen and oxygen atoms in total. The van der Waals surface area contributed by atoms with Crippen molar-refractivity contribution in [3.8, 4) is 0 Å². The van der Waals surface area contributed by atoms with Crippen molar-refractivity contribution in [3.63, 3.8) is 0 Å². The molecule has 2 N–H and O–H groups in total. The molecule has 9 heteroatoms. The Bertz CT molecular complexity index is 794. The highest BCUT2D eigenvalue weighted by molar-refractivity contribution is 7.09. The molecule has 200 valence electrons. The summed E-state index contributed by atoms with van der Waals surface area (Å²) in [5.41, 5.74) is 5.58. The third-order valence-corrected chi connectivity index (χ3v) is 6.68. The predicted molar refractivity (Wildman–Crippen MR) is 141 cm³/mol. The van der Waals surface area contributed by atoms with Crippen LogP contribution in [0.1, 0.15) is 97.2 Å². The van der Waals surface area contributed by atoms with Crippen molar-refractivity contribution >= 4 is 23.5 Å². The van der Waals surface area contributed by atoms with Gasteiger partial charge in [0.2, 0.25) is 0 Å². The summed E-state index contributed by atoms with van der Waals surface area (Å²) in [4.78, 5) is 34.1. The Labute approximate surface area is 215 Å². The van der Waals surface area contributed by atoms with Crippen molar-refractivity contribution in [1.29, 1.82) is 0 Å². The van der Waals surface area contributed by atoms with Gasteiger partial charge in [0.25, 0.3) is 0 Å². The summed E-state index contributed by atoms with van der Waals surface area (Å²) in [6, 6.07) is 0.204. The van der Waals surface area contributed by atoms with Crippen LogP contribution in [0.2, 0.25) is 0 Å². The number of nitrogens with two attached hydrogens (primary N) is 1. The average Bonchev–Trinajstić information content (AvgIpc) is 3.21. The fourth-order valence-corrected chi connectivity index (χ4v) is 4.91. The van der Waals surface area contributed by atoms with Crippen LogP contribution in [0.5, 0.6) is 0 Å². The number of rotatable bonds is 10. The average molecular weight is 511 g/mol. The Kier molecular flexibility index (Phi) is 11.3. The summed E-state index contributed by atoms with van der Waals surface area (Å²) in [5.74, 6) is 0. The van der Waals surface area contributed by atoms with Crippen LogP contribution >= 0.6 is 11.3 Å². The fourth-order valence-electron chi connectivity index (χ4n) is 4.20. The number of ether oxygens (including phenoxy) is 2. The lowest BCUT2D eigenvalue weighted by molar-refractivity contribution is 0.00999.